The predicted molar refractivity (Wildman–Crippen MR) is 107 cm³/mol. The van der Waals surface area contributed by atoms with Gasteiger partial charge in [0.05, 0.1) is 13.0 Å². The number of hydrogen-bond acceptors (Lipinski definition) is 4. The summed E-state index contributed by atoms with van der Waals surface area (Å²) in [6.45, 7) is -0.293. The summed E-state index contributed by atoms with van der Waals surface area (Å²) >= 11 is 5.94. The van der Waals surface area contributed by atoms with Crippen LogP contribution in [0.2, 0.25) is 5.02 Å². The first-order valence-corrected chi connectivity index (χ1v) is 8.95. The van der Waals surface area contributed by atoms with Crippen LogP contribution in [0.3, 0.4) is 0 Å². The summed E-state index contributed by atoms with van der Waals surface area (Å²) in [4.78, 5) is 38.2. The molecule has 0 radical (unpaired) electrons. The van der Waals surface area contributed by atoms with Crippen LogP contribution < -0.4 is 21.5 Å². The minimum Gasteiger partial charge on any atom is -0.345 e. The summed E-state index contributed by atoms with van der Waals surface area (Å²) < 4.78 is 0. The summed E-state index contributed by atoms with van der Waals surface area (Å²) in [5.41, 5.74) is 2.12. The fourth-order valence-electron chi connectivity index (χ4n) is 3.04. The highest BCUT2D eigenvalue weighted by atomic mass is 35.5. The Morgan fingerprint density at radius 1 is 1.14 bits per heavy atom. The van der Waals surface area contributed by atoms with Gasteiger partial charge in [-0.2, -0.15) is 0 Å². The van der Waals surface area contributed by atoms with Gasteiger partial charge in [0, 0.05) is 10.7 Å². The Labute approximate surface area is 167 Å². The summed E-state index contributed by atoms with van der Waals surface area (Å²) in [7, 11) is 0. The molecular weight excluding hydrogens is 380 g/mol. The molecule has 3 amide bonds. The van der Waals surface area contributed by atoms with Gasteiger partial charge in [-0.05, 0) is 35.9 Å². The highest BCUT2D eigenvalue weighted by Gasteiger charge is 2.55. The SMILES string of the molecule is NNC(=O)CNC(=O)[C@@]1(/C=C/c2ccccc2)CC(=O)N1c1ccc(Cl)cc1. The number of carbonyl (C=O) groups is 3. The normalized spacial score (nSPS) is 18.6. The quantitative estimate of drug-likeness (QED) is 0.298. The standard InChI is InChI=1S/C20H19ClN4O3/c21-15-6-8-16(9-7-15)25-18(27)12-20(25,19(28)23-13-17(26)24-22)11-10-14-4-2-1-3-5-14/h1-11H,12-13,22H2,(H,23,28)(H,24,26)/b11-10+/t20-/m1/s1. The number of amides is 3. The maximum Gasteiger partial charge on any atom is 0.253 e. The van der Waals surface area contributed by atoms with Crippen LogP contribution >= 0.6 is 11.6 Å². The second-order valence-corrected chi connectivity index (χ2v) is 6.74. The molecule has 0 aromatic heterocycles. The predicted octanol–water partition coefficient (Wildman–Crippen LogP) is 1.64. The summed E-state index contributed by atoms with van der Waals surface area (Å²) in [6.07, 6.45) is 3.43. The zero-order valence-electron chi connectivity index (χ0n) is 14.9. The van der Waals surface area contributed by atoms with Crippen LogP contribution in [0.25, 0.3) is 6.08 Å². The number of nitrogens with zero attached hydrogens (tertiary/aromatic N) is 1. The molecule has 0 saturated carbocycles. The molecular formula is C20H19ClN4O3. The molecule has 1 aliphatic rings. The molecule has 2 aromatic rings. The molecule has 3 rings (SSSR count). The van der Waals surface area contributed by atoms with Gasteiger partial charge < -0.3 is 5.32 Å². The van der Waals surface area contributed by atoms with Crippen molar-refractivity contribution in [2.45, 2.75) is 12.0 Å². The van der Waals surface area contributed by atoms with Crippen LogP contribution in [0, 0.1) is 0 Å². The lowest BCUT2D eigenvalue weighted by atomic mass is 9.81. The third-order valence-electron chi connectivity index (χ3n) is 4.47. The van der Waals surface area contributed by atoms with Gasteiger partial charge in [0.2, 0.25) is 5.91 Å². The average molecular weight is 399 g/mol. The number of hydrazine groups is 1. The van der Waals surface area contributed by atoms with Crippen molar-refractivity contribution in [1.82, 2.24) is 10.7 Å². The molecule has 0 aliphatic carbocycles. The number of rotatable bonds is 6. The fraction of sp³-hybridized carbons (Fsp3) is 0.150. The van der Waals surface area contributed by atoms with E-state index in [9.17, 15) is 14.4 Å². The Morgan fingerprint density at radius 3 is 2.43 bits per heavy atom. The molecule has 1 heterocycles. The molecule has 8 heteroatoms. The lowest BCUT2D eigenvalue weighted by molar-refractivity contribution is -0.137. The van der Waals surface area contributed by atoms with Crippen LogP contribution in [0.15, 0.2) is 60.7 Å². The van der Waals surface area contributed by atoms with Crippen molar-refractivity contribution in [2.75, 3.05) is 11.4 Å². The summed E-state index contributed by atoms with van der Waals surface area (Å²) in [6, 6.07) is 16.0. The van der Waals surface area contributed by atoms with Gasteiger partial charge in [0.1, 0.15) is 0 Å². The highest BCUT2D eigenvalue weighted by Crippen LogP contribution is 2.39. The van der Waals surface area contributed by atoms with Crippen LogP contribution in [0.5, 0.6) is 0 Å². The van der Waals surface area contributed by atoms with Crippen LogP contribution in [0.1, 0.15) is 12.0 Å². The van der Waals surface area contributed by atoms with E-state index in [-0.39, 0.29) is 18.9 Å². The number of nitrogens with one attached hydrogen (secondary N) is 2. The smallest absolute Gasteiger partial charge is 0.253 e. The average Bonchev–Trinajstić information content (AvgIpc) is 2.71. The molecule has 144 valence electrons. The van der Waals surface area contributed by atoms with E-state index in [1.807, 2.05) is 35.8 Å². The van der Waals surface area contributed by atoms with Gasteiger partial charge in [-0.25, -0.2) is 5.84 Å². The Balaban J connectivity index is 1.95. The van der Waals surface area contributed by atoms with E-state index >= 15 is 0 Å². The first-order chi connectivity index (χ1) is 13.5. The van der Waals surface area contributed by atoms with Gasteiger partial charge in [-0.1, -0.05) is 48.0 Å². The van der Waals surface area contributed by atoms with Gasteiger partial charge in [0.15, 0.2) is 5.54 Å². The maximum atomic E-state index is 13.0. The summed E-state index contributed by atoms with van der Waals surface area (Å²) in [5, 5.41) is 3.06. The minimum atomic E-state index is -1.25. The van der Waals surface area contributed by atoms with Gasteiger partial charge >= 0.3 is 0 Å². The van der Waals surface area contributed by atoms with Gasteiger partial charge in [-0.3, -0.25) is 24.7 Å². The minimum absolute atomic E-state index is 0.0188. The number of halogens is 1. The highest BCUT2D eigenvalue weighted by molar-refractivity contribution is 6.30. The van der Waals surface area contributed by atoms with Crippen LogP contribution in [-0.2, 0) is 14.4 Å². The number of carbonyl (C=O) groups excluding carboxylic acids is 3. The fourth-order valence-corrected chi connectivity index (χ4v) is 3.16. The van der Waals surface area contributed by atoms with Crippen molar-refractivity contribution in [3.05, 3.63) is 71.3 Å². The summed E-state index contributed by atoms with van der Waals surface area (Å²) in [5.74, 6) is 3.83. The van der Waals surface area contributed by atoms with E-state index in [4.69, 9.17) is 17.4 Å². The number of nitrogens with two attached hydrogens (primary N) is 1. The molecule has 1 atom stereocenters. The number of β-lactam (4-membered cyclic amide) rings is 1. The Bertz CT molecular complexity index is 915. The largest absolute Gasteiger partial charge is 0.345 e. The molecule has 1 aliphatic heterocycles. The zero-order chi connectivity index (χ0) is 20.1. The van der Waals surface area contributed by atoms with Crippen LogP contribution in [-0.4, -0.2) is 29.8 Å². The topological polar surface area (TPSA) is 105 Å². The first-order valence-electron chi connectivity index (χ1n) is 8.57. The molecule has 1 fully saturated rings. The van der Waals surface area contributed by atoms with Crippen molar-refractivity contribution >= 4 is 41.1 Å². The van der Waals surface area contributed by atoms with Crippen molar-refractivity contribution in [2.24, 2.45) is 5.84 Å². The zero-order valence-corrected chi connectivity index (χ0v) is 15.6. The number of hydrogen-bond donors (Lipinski definition) is 3. The monoisotopic (exact) mass is 398 g/mol. The van der Waals surface area contributed by atoms with E-state index in [0.717, 1.165) is 5.56 Å². The van der Waals surface area contributed by atoms with E-state index < -0.39 is 17.4 Å². The molecule has 1 saturated heterocycles. The molecule has 0 unspecified atom stereocenters. The van der Waals surface area contributed by atoms with Crippen molar-refractivity contribution < 1.29 is 14.4 Å². The third kappa shape index (κ3) is 3.90. The Hall–Kier alpha value is -3.16. The van der Waals surface area contributed by atoms with Gasteiger partial charge in [-0.15, -0.1) is 0 Å². The van der Waals surface area contributed by atoms with Crippen LogP contribution in [0.4, 0.5) is 5.69 Å². The van der Waals surface area contributed by atoms with E-state index in [2.05, 4.69) is 5.32 Å². The van der Waals surface area contributed by atoms with Crippen molar-refractivity contribution in [1.29, 1.82) is 0 Å². The molecule has 0 bridgehead atoms. The van der Waals surface area contributed by atoms with E-state index in [1.54, 1.807) is 36.4 Å². The first kappa shape index (κ1) is 19.6. The Kier molecular flexibility index (Phi) is 5.77. The van der Waals surface area contributed by atoms with Crippen molar-refractivity contribution in [3.63, 3.8) is 0 Å². The molecule has 7 nitrogen and oxygen atoms in total. The molecule has 4 N–H and O–H groups in total. The van der Waals surface area contributed by atoms with Crippen molar-refractivity contribution in [3.8, 4) is 0 Å². The lowest BCUT2D eigenvalue weighted by Gasteiger charge is -2.48. The lowest BCUT2D eigenvalue weighted by Crippen LogP contribution is -2.70. The number of anilines is 1. The molecule has 2 aromatic carbocycles. The second-order valence-electron chi connectivity index (χ2n) is 6.30. The third-order valence-corrected chi connectivity index (χ3v) is 4.72. The number of benzene rings is 2. The van der Waals surface area contributed by atoms with Gasteiger partial charge in [0.25, 0.3) is 11.8 Å². The molecule has 0 spiro atoms. The maximum absolute atomic E-state index is 13.0. The van der Waals surface area contributed by atoms with E-state index in [1.165, 1.54) is 4.90 Å². The Morgan fingerprint density at radius 2 is 1.82 bits per heavy atom. The second kappa shape index (κ2) is 8.24. The molecule has 28 heavy (non-hydrogen) atoms. The van der Waals surface area contributed by atoms with E-state index in [0.29, 0.717) is 10.7 Å².